The van der Waals surface area contributed by atoms with Crippen LogP contribution in [0.15, 0.2) is 4.52 Å². The van der Waals surface area contributed by atoms with Gasteiger partial charge in [0.1, 0.15) is 0 Å². The zero-order valence-corrected chi connectivity index (χ0v) is 11.0. The number of nitrogens with zero attached hydrogens (tertiary/aromatic N) is 3. The van der Waals surface area contributed by atoms with Crippen LogP contribution in [0.3, 0.4) is 0 Å². The number of aromatic nitrogens is 2. The summed E-state index contributed by atoms with van der Waals surface area (Å²) in [4.78, 5) is 17.9. The molecule has 1 aliphatic rings. The van der Waals surface area contributed by atoms with E-state index in [1.165, 1.54) is 0 Å². The Kier molecular flexibility index (Phi) is 4.30. The summed E-state index contributed by atoms with van der Waals surface area (Å²) in [6.45, 7) is 6.75. The van der Waals surface area contributed by atoms with Gasteiger partial charge in [-0.2, -0.15) is 4.98 Å². The molecule has 1 fully saturated rings. The van der Waals surface area contributed by atoms with Crippen LogP contribution in [-0.2, 0) is 4.79 Å². The quantitative estimate of drug-likeness (QED) is 0.853. The molecule has 6 nitrogen and oxygen atoms in total. The molecule has 0 unspecified atom stereocenters. The molecule has 1 N–H and O–H groups in total. The molecule has 0 radical (unpaired) electrons. The Bertz CT molecular complexity index is 397. The van der Waals surface area contributed by atoms with Crippen LogP contribution in [0.1, 0.15) is 37.4 Å². The van der Waals surface area contributed by atoms with E-state index in [1.54, 1.807) is 6.92 Å². The Hall–Kier alpha value is -1.43. The second-order valence-electron chi connectivity index (χ2n) is 4.68. The number of hydrogen-bond donors (Lipinski definition) is 1. The Labute approximate surface area is 107 Å². The third-order valence-electron chi connectivity index (χ3n) is 3.24. The minimum atomic E-state index is 0.103. The smallest absolute Gasteiger partial charge is 0.234 e. The van der Waals surface area contributed by atoms with Crippen molar-refractivity contribution in [3.8, 4) is 0 Å². The van der Waals surface area contributed by atoms with Crippen LogP contribution in [0.4, 0.5) is 0 Å². The van der Waals surface area contributed by atoms with E-state index in [2.05, 4.69) is 20.4 Å². The zero-order valence-electron chi connectivity index (χ0n) is 11.0. The molecule has 0 atom stereocenters. The molecule has 1 aliphatic heterocycles. The highest BCUT2D eigenvalue weighted by atomic mass is 16.5. The molecule has 0 saturated carbocycles. The molecule has 6 heteroatoms. The molecule has 18 heavy (non-hydrogen) atoms. The molecular weight excluding hydrogens is 232 g/mol. The van der Waals surface area contributed by atoms with Crippen molar-refractivity contribution in [1.82, 2.24) is 20.4 Å². The van der Waals surface area contributed by atoms with Crippen molar-refractivity contribution >= 4 is 5.91 Å². The number of carbonyl (C=O) groups is 1. The average Bonchev–Trinajstić information content (AvgIpc) is 2.77. The standard InChI is InChI=1S/C12H20N4O2/c1-3-13-11(17)8-16-6-4-10(5-7-16)12-14-9(2)18-15-12/h10H,3-8H2,1-2H3,(H,13,17). The molecule has 0 spiro atoms. The molecule has 2 rings (SSSR count). The largest absolute Gasteiger partial charge is 0.355 e. The van der Waals surface area contributed by atoms with E-state index in [0.717, 1.165) is 31.8 Å². The summed E-state index contributed by atoms with van der Waals surface area (Å²) >= 11 is 0. The SMILES string of the molecule is CCNC(=O)CN1CCC(c2noc(C)n2)CC1. The molecule has 1 aromatic rings. The van der Waals surface area contributed by atoms with Crippen LogP contribution < -0.4 is 5.32 Å². The number of piperidine rings is 1. The Morgan fingerprint density at radius 1 is 1.50 bits per heavy atom. The monoisotopic (exact) mass is 252 g/mol. The van der Waals surface area contributed by atoms with E-state index in [1.807, 2.05) is 6.92 Å². The first kappa shape index (κ1) is 13.0. The molecule has 1 amide bonds. The van der Waals surface area contributed by atoms with Crippen molar-refractivity contribution in [3.63, 3.8) is 0 Å². The van der Waals surface area contributed by atoms with Gasteiger partial charge in [-0.15, -0.1) is 0 Å². The number of carbonyl (C=O) groups excluding carboxylic acids is 1. The minimum absolute atomic E-state index is 0.103. The first-order valence-corrected chi connectivity index (χ1v) is 6.48. The lowest BCUT2D eigenvalue weighted by Gasteiger charge is -2.29. The maximum absolute atomic E-state index is 11.5. The number of likely N-dealkylation sites (tertiary alicyclic amines) is 1. The molecule has 0 bridgehead atoms. The topological polar surface area (TPSA) is 71.3 Å². The Morgan fingerprint density at radius 3 is 2.78 bits per heavy atom. The van der Waals surface area contributed by atoms with Crippen molar-refractivity contribution in [2.75, 3.05) is 26.2 Å². The van der Waals surface area contributed by atoms with Gasteiger partial charge in [0.2, 0.25) is 11.8 Å². The fraction of sp³-hybridized carbons (Fsp3) is 0.750. The van der Waals surface area contributed by atoms with Crippen LogP contribution >= 0.6 is 0 Å². The Balaban J connectivity index is 1.79. The van der Waals surface area contributed by atoms with Gasteiger partial charge >= 0.3 is 0 Å². The van der Waals surface area contributed by atoms with Crippen LogP contribution in [0.5, 0.6) is 0 Å². The van der Waals surface area contributed by atoms with Crippen LogP contribution in [0, 0.1) is 6.92 Å². The first-order chi connectivity index (χ1) is 8.69. The van der Waals surface area contributed by atoms with Crippen molar-refractivity contribution in [3.05, 3.63) is 11.7 Å². The summed E-state index contributed by atoms with van der Waals surface area (Å²) in [5.74, 6) is 1.90. The second kappa shape index (κ2) is 5.95. The normalized spacial score (nSPS) is 17.9. The molecule has 0 aromatic carbocycles. The molecule has 0 aliphatic carbocycles. The van der Waals surface area contributed by atoms with Gasteiger partial charge in [-0.1, -0.05) is 5.16 Å². The summed E-state index contributed by atoms with van der Waals surface area (Å²) in [5, 5.41) is 6.79. The average molecular weight is 252 g/mol. The number of nitrogens with one attached hydrogen (secondary N) is 1. The van der Waals surface area contributed by atoms with E-state index >= 15 is 0 Å². The van der Waals surface area contributed by atoms with Gasteiger partial charge in [-0.3, -0.25) is 9.69 Å². The lowest BCUT2D eigenvalue weighted by atomic mass is 9.96. The van der Waals surface area contributed by atoms with Crippen LogP contribution in [0.2, 0.25) is 0 Å². The maximum atomic E-state index is 11.5. The van der Waals surface area contributed by atoms with Crippen molar-refractivity contribution in [2.45, 2.75) is 32.6 Å². The van der Waals surface area contributed by atoms with Gasteiger partial charge < -0.3 is 9.84 Å². The summed E-state index contributed by atoms with van der Waals surface area (Å²) in [5.41, 5.74) is 0. The van der Waals surface area contributed by atoms with E-state index in [9.17, 15) is 4.79 Å². The molecule has 2 heterocycles. The van der Waals surface area contributed by atoms with E-state index in [4.69, 9.17) is 4.52 Å². The van der Waals surface area contributed by atoms with Crippen molar-refractivity contribution in [2.24, 2.45) is 0 Å². The number of likely N-dealkylation sites (N-methyl/N-ethyl adjacent to an activating group) is 1. The number of aryl methyl sites for hydroxylation is 1. The van der Waals surface area contributed by atoms with Gasteiger partial charge in [0.15, 0.2) is 5.82 Å². The lowest BCUT2D eigenvalue weighted by Crippen LogP contribution is -2.41. The Morgan fingerprint density at radius 2 is 2.22 bits per heavy atom. The van der Waals surface area contributed by atoms with E-state index < -0.39 is 0 Å². The van der Waals surface area contributed by atoms with E-state index in [-0.39, 0.29) is 5.91 Å². The van der Waals surface area contributed by atoms with Gasteiger partial charge in [-0.25, -0.2) is 0 Å². The zero-order chi connectivity index (χ0) is 13.0. The predicted molar refractivity (Wildman–Crippen MR) is 66.1 cm³/mol. The van der Waals surface area contributed by atoms with Gasteiger partial charge in [0.25, 0.3) is 0 Å². The molecule has 100 valence electrons. The number of amides is 1. The van der Waals surface area contributed by atoms with Gasteiger partial charge in [0, 0.05) is 19.4 Å². The highest BCUT2D eigenvalue weighted by molar-refractivity contribution is 5.77. The number of rotatable bonds is 4. The third-order valence-corrected chi connectivity index (χ3v) is 3.24. The van der Waals surface area contributed by atoms with Crippen LogP contribution in [0.25, 0.3) is 0 Å². The highest BCUT2D eigenvalue weighted by Crippen LogP contribution is 2.25. The molecule has 1 saturated heterocycles. The van der Waals surface area contributed by atoms with Gasteiger partial charge in [-0.05, 0) is 32.9 Å². The summed E-state index contributed by atoms with van der Waals surface area (Å²) in [7, 11) is 0. The molecular formula is C12H20N4O2. The lowest BCUT2D eigenvalue weighted by molar-refractivity contribution is -0.122. The maximum Gasteiger partial charge on any atom is 0.234 e. The van der Waals surface area contributed by atoms with Gasteiger partial charge in [0.05, 0.1) is 6.54 Å². The first-order valence-electron chi connectivity index (χ1n) is 6.48. The summed E-state index contributed by atoms with van der Waals surface area (Å²) < 4.78 is 5.00. The molecule has 1 aromatic heterocycles. The second-order valence-corrected chi connectivity index (χ2v) is 4.68. The fourth-order valence-electron chi connectivity index (χ4n) is 2.29. The van der Waals surface area contributed by atoms with Crippen LogP contribution in [-0.4, -0.2) is 47.1 Å². The summed E-state index contributed by atoms with van der Waals surface area (Å²) in [6.07, 6.45) is 1.97. The van der Waals surface area contributed by atoms with E-state index in [0.29, 0.717) is 24.9 Å². The van der Waals surface area contributed by atoms with Crippen molar-refractivity contribution < 1.29 is 9.32 Å². The predicted octanol–water partition coefficient (Wildman–Crippen LogP) is 0.694. The summed E-state index contributed by atoms with van der Waals surface area (Å²) in [6, 6.07) is 0. The minimum Gasteiger partial charge on any atom is -0.355 e. The van der Waals surface area contributed by atoms with Crippen molar-refractivity contribution in [1.29, 1.82) is 0 Å². The highest BCUT2D eigenvalue weighted by Gasteiger charge is 2.24. The fourth-order valence-corrected chi connectivity index (χ4v) is 2.29. The number of hydrogen-bond acceptors (Lipinski definition) is 5. The third kappa shape index (κ3) is 3.29.